The van der Waals surface area contributed by atoms with E-state index in [1.165, 1.54) is 4.88 Å². The van der Waals surface area contributed by atoms with Gasteiger partial charge in [0.05, 0.1) is 24.3 Å². The molecule has 0 aliphatic heterocycles. The highest BCUT2D eigenvalue weighted by atomic mass is 32.1. The van der Waals surface area contributed by atoms with E-state index in [-0.39, 0.29) is 11.9 Å². The fourth-order valence-electron chi connectivity index (χ4n) is 2.91. The molecule has 0 saturated heterocycles. The molecule has 126 valence electrons. The van der Waals surface area contributed by atoms with Crippen molar-refractivity contribution in [1.29, 1.82) is 5.26 Å². The Bertz CT molecular complexity index is 785. The van der Waals surface area contributed by atoms with Gasteiger partial charge in [-0.3, -0.25) is 9.48 Å². The summed E-state index contributed by atoms with van der Waals surface area (Å²) in [5, 5.41) is 20.4. The molecule has 2 aromatic rings. The molecule has 0 fully saturated rings. The lowest BCUT2D eigenvalue weighted by atomic mass is 10.1. The number of carbonyl (C=O) groups is 1. The number of amides is 1. The monoisotopic (exact) mass is 343 g/mol. The highest BCUT2D eigenvalue weighted by molar-refractivity contribution is 7.16. The molecule has 0 saturated carbocycles. The third kappa shape index (κ3) is 3.50. The zero-order valence-electron chi connectivity index (χ0n) is 13.9. The number of thiophene rings is 1. The zero-order chi connectivity index (χ0) is 17.1. The Morgan fingerprint density at radius 2 is 2.38 bits per heavy atom. The van der Waals surface area contributed by atoms with Crippen molar-refractivity contribution >= 4 is 22.2 Å². The predicted octanol–water partition coefficient (Wildman–Crippen LogP) is 2.23. The third-order valence-electron chi connectivity index (χ3n) is 4.22. The van der Waals surface area contributed by atoms with Gasteiger partial charge in [0.25, 0.3) is 0 Å². The van der Waals surface area contributed by atoms with E-state index in [1.54, 1.807) is 11.3 Å². The number of rotatable bonds is 6. The summed E-state index contributed by atoms with van der Waals surface area (Å²) in [5.74, 6) is -0.108. The summed E-state index contributed by atoms with van der Waals surface area (Å²) in [7, 11) is 0. The van der Waals surface area contributed by atoms with Crippen molar-refractivity contribution in [3.05, 3.63) is 34.0 Å². The lowest BCUT2D eigenvalue weighted by Gasteiger charge is -2.13. The van der Waals surface area contributed by atoms with Crippen molar-refractivity contribution in [3.63, 3.8) is 0 Å². The number of nitrogens with one attached hydrogen (secondary N) is 2. The summed E-state index contributed by atoms with van der Waals surface area (Å²) in [6, 6.07) is 1.92. The number of anilines is 1. The number of aromatic nitrogens is 2. The van der Waals surface area contributed by atoms with E-state index in [2.05, 4.69) is 21.8 Å². The molecule has 2 aromatic heterocycles. The fourth-order valence-corrected chi connectivity index (χ4v) is 4.15. The highest BCUT2D eigenvalue weighted by Crippen LogP contribution is 2.38. The first-order valence-electron chi connectivity index (χ1n) is 8.16. The molecule has 0 bridgehead atoms. The van der Waals surface area contributed by atoms with Gasteiger partial charge >= 0.3 is 0 Å². The molecule has 6 nitrogen and oxygen atoms in total. The normalized spacial score (nSPS) is 14.2. The SMILES string of the molecule is Cc1cnn(CCN[C@H](C)C(=O)Nc2sc3c(c2C#N)CCC3)c1. The van der Waals surface area contributed by atoms with Crippen LogP contribution in [0, 0.1) is 18.3 Å². The van der Waals surface area contributed by atoms with E-state index in [1.807, 2.05) is 30.9 Å². The number of nitrogens with zero attached hydrogens (tertiary/aromatic N) is 3. The zero-order valence-corrected chi connectivity index (χ0v) is 14.7. The van der Waals surface area contributed by atoms with Gasteiger partial charge in [0.1, 0.15) is 11.1 Å². The number of hydrogen-bond donors (Lipinski definition) is 2. The molecule has 24 heavy (non-hydrogen) atoms. The van der Waals surface area contributed by atoms with Crippen LogP contribution in [0.1, 0.15) is 34.9 Å². The Morgan fingerprint density at radius 3 is 3.08 bits per heavy atom. The largest absolute Gasteiger partial charge is 0.315 e. The number of hydrogen-bond acceptors (Lipinski definition) is 5. The van der Waals surface area contributed by atoms with Gasteiger partial charge in [-0.05, 0) is 44.2 Å². The number of nitriles is 1. The minimum atomic E-state index is -0.329. The first-order chi connectivity index (χ1) is 11.6. The van der Waals surface area contributed by atoms with Crippen molar-refractivity contribution in [2.45, 2.75) is 45.7 Å². The van der Waals surface area contributed by atoms with Crippen LogP contribution < -0.4 is 10.6 Å². The Hall–Kier alpha value is -2.17. The predicted molar refractivity (Wildman–Crippen MR) is 94.1 cm³/mol. The van der Waals surface area contributed by atoms with Gasteiger partial charge in [-0.25, -0.2) is 0 Å². The molecule has 2 N–H and O–H groups in total. The molecule has 3 rings (SSSR count). The molecule has 2 heterocycles. The topological polar surface area (TPSA) is 82.7 Å². The lowest BCUT2D eigenvalue weighted by Crippen LogP contribution is -2.39. The Kier molecular flexibility index (Phi) is 4.97. The van der Waals surface area contributed by atoms with Crippen LogP contribution in [0.5, 0.6) is 0 Å². The Balaban J connectivity index is 1.54. The Morgan fingerprint density at radius 1 is 1.54 bits per heavy atom. The summed E-state index contributed by atoms with van der Waals surface area (Å²) in [4.78, 5) is 13.6. The molecule has 1 aliphatic carbocycles. The van der Waals surface area contributed by atoms with Gasteiger partial charge in [0.2, 0.25) is 5.91 Å². The lowest BCUT2D eigenvalue weighted by molar-refractivity contribution is -0.117. The van der Waals surface area contributed by atoms with Crippen LogP contribution in [0.3, 0.4) is 0 Å². The molecule has 0 spiro atoms. The molecule has 1 amide bonds. The summed E-state index contributed by atoms with van der Waals surface area (Å²) in [6.07, 6.45) is 6.85. The maximum Gasteiger partial charge on any atom is 0.241 e. The quantitative estimate of drug-likeness (QED) is 0.842. The molecule has 0 unspecified atom stereocenters. The first kappa shape index (κ1) is 16.7. The molecular weight excluding hydrogens is 322 g/mol. The number of aryl methyl sites for hydroxylation is 2. The van der Waals surface area contributed by atoms with Crippen LogP contribution in [0.2, 0.25) is 0 Å². The van der Waals surface area contributed by atoms with Crippen LogP contribution in [-0.4, -0.2) is 28.3 Å². The fraction of sp³-hybridized carbons (Fsp3) is 0.471. The minimum Gasteiger partial charge on any atom is -0.315 e. The summed E-state index contributed by atoms with van der Waals surface area (Å²) < 4.78 is 1.85. The van der Waals surface area contributed by atoms with Crippen LogP contribution >= 0.6 is 11.3 Å². The van der Waals surface area contributed by atoms with Gasteiger partial charge in [0.15, 0.2) is 0 Å². The van der Waals surface area contributed by atoms with Crippen molar-refractivity contribution in [1.82, 2.24) is 15.1 Å². The van der Waals surface area contributed by atoms with Gasteiger partial charge in [0, 0.05) is 17.6 Å². The van der Waals surface area contributed by atoms with E-state index in [0.29, 0.717) is 23.7 Å². The van der Waals surface area contributed by atoms with Gasteiger partial charge in [-0.15, -0.1) is 11.3 Å². The van der Waals surface area contributed by atoms with Gasteiger partial charge < -0.3 is 10.6 Å². The van der Waals surface area contributed by atoms with Crippen molar-refractivity contribution in [2.75, 3.05) is 11.9 Å². The average molecular weight is 343 g/mol. The average Bonchev–Trinajstić information content (AvgIpc) is 3.23. The van der Waals surface area contributed by atoms with Crippen LogP contribution in [0.15, 0.2) is 12.4 Å². The maximum atomic E-state index is 12.4. The minimum absolute atomic E-state index is 0.108. The van der Waals surface area contributed by atoms with E-state index in [9.17, 15) is 10.1 Å². The molecule has 7 heteroatoms. The van der Waals surface area contributed by atoms with E-state index < -0.39 is 0 Å². The summed E-state index contributed by atoms with van der Waals surface area (Å²) in [6.45, 7) is 5.19. The maximum absolute atomic E-state index is 12.4. The second-order valence-electron chi connectivity index (χ2n) is 6.12. The molecular formula is C17H21N5OS. The van der Waals surface area contributed by atoms with E-state index >= 15 is 0 Å². The number of fused-ring (bicyclic) bond motifs is 1. The van der Waals surface area contributed by atoms with Crippen molar-refractivity contribution in [2.24, 2.45) is 0 Å². The molecule has 0 radical (unpaired) electrons. The van der Waals surface area contributed by atoms with Crippen molar-refractivity contribution < 1.29 is 4.79 Å². The smallest absolute Gasteiger partial charge is 0.241 e. The van der Waals surface area contributed by atoms with Crippen molar-refractivity contribution in [3.8, 4) is 6.07 Å². The third-order valence-corrected chi connectivity index (χ3v) is 5.42. The second-order valence-corrected chi connectivity index (χ2v) is 7.22. The van der Waals surface area contributed by atoms with Crippen LogP contribution in [0.25, 0.3) is 0 Å². The number of carbonyl (C=O) groups excluding carboxylic acids is 1. The van der Waals surface area contributed by atoms with E-state index in [0.717, 1.165) is 30.4 Å². The highest BCUT2D eigenvalue weighted by Gasteiger charge is 2.24. The second kappa shape index (κ2) is 7.16. The first-order valence-corrected chi connectivity index (χ1v) is 8.98. The van der Waals surface area contributed by atoms with Crippen LogP contribution in [0.4, 0.5) is 5.00 Å². The molecule has 0 aromatic carbocycles. The van der Waals surface area contributed by atoms with Gasteiger partial charge in [-0.2, -0.15) is 10.4 Å². The van der Waals surface area contributed by atoms with E-state index in [4.69, 9.17) is 0 Å². The van der Waals surface area contributed by atoms with Crippen LogP contribution in [-0.2, 0) is 24.2 Å². The molecule has 1 atom stereocenters. The summed E-state index contributed by atoms with van der Waals surface area (Å²) >= 11 is 1.55. The standard InChI is InChI=1S/C17H21N5OS/c1-11-9-20-22(10-11)7-6-19-12(2)16(23)21-17-14(8-18)13-4-3-5-15(13)24-17/h9-10,12,19H,3-7H2,1-2H3,(H,21,23)/t12-/m1/s1. The summed E-state index contributed by atoms with van der Waals surface area (Å²) in [5.41, 5.74) is 2.91. The Labute approximate surface area is 145 Å². The van der Waals surface area contributed by atoms with Gasteiger partial charge in [-0.1, -0.05) is 0 Å². The molecule has 1 aliphatic rings.